The summed E-state index contributed by atoms with van der Waals surface area (Å²) in [5.41, 5.74) is 1.53. The third-order valence-corrected chi connectivity index (χ3v) is 5.24. The number of amides is 2. The van der Waals surface area contributed by atoms with Gasteiger partial charge in [-0.05, 0) is 55.1 Å². The highest BCUT2D eigenvalue weighted by Gasteiger charge is 2.37. The minimum Gasteiger partial charge on any atom is -0.325 e. The summed E-state index contributed by atoms with van der Waals surface area (Å²) in [5.74, 6) is -1.02. The molecule has 1 fully saturated rings. The van der Waals surface area contributed by atoms with Crippen LogP contribution in [0.1, 0.15) is 6.42 Å². The van der Waals surface area contributed by atoms with Gasteiger partial charge >= 0.3 is 0 Å². The van der Waals surface area contributed by atoms with E-state index in [4.69, 9.17) is 0 Å². The van der Waals surface area contributed by atoms with Gasteiger partial charge in [-0.2, -0.15) is 0 Å². The topological polar surface area (TPSA) is 49.4 Å². The van der Waals surface area contributed by atoms with Crippen molar-refractivity contribution >= 4 is 50.9 Å². The van der Waals surface area contributed by atoms with E-state index in [9.17, 15) is 9.59 Å². The van der Waals surface area contributed by atoms with Crippen LogP contribution in [0.3, 0.4) is 0 Å². The number of nitrogens with zero attached hydrogens (tertiary/aromatic N) is 1. The van der Waals surface area contributed by atoms with E-state index in [1.807, 2.05) is 54.8 Å². The molecule has 1 heterocycles. The first kappa shape index (κ1) is 17.0. The fourth-order valence-corrected chi connectivity index (χ4v) is 3.52. The summed E-state index contributed by atoms with van der Waals surface area (Å²) in [4.78, 5) is 27.8. The van der Waals surface area contributed by atoms with Crippen molar-refractivity contribution in [2.75, 3.05) is 23.0 Å². The number of halogens is 1. The molecular formula is C18H17BrN2O2S. The lowest BCUT2D eigenvalue weighted by Gasteiger charge is -2.17. The molecule has 1 unspecified atom stereocenters. The molecule has 0 aromatic heterocycles. The SMILES string of the molecule is CSc1ccc(NC(=O)C2CCN(c3cccc(Br)c3)C2=O)cc1. The van der Waals surface area contributed by atoms with E-state index in [2.05, 4.69) is 21.2 Å². The van der Waals surface area contributed by atoms with Crippen molar-refractivity contribution in [2.24, 2.45) is 5.92 Å². The molecule has 2 aromatic carbocycles. The highest BCUT2D eigenvalue weighted by molar-refractivity contribution is 9.10. The van der Waals surface area contributed by atoms with Crippen molar-refractivity contribution in [1.29, 1.82) is 0 Å². The third kappa shape index (κ3) is 3.65. The molecule has 1 aliphatic heterocycles. The maximum absolute atomic E-state index is 12.6. The summed E-state index contributed by atoms with van der Waals surface area (Å²) in [6.45, 7) is 0.554. The lowest BCUT2D eigenvalue weighted by molar-refractivity contribution is -0.129. The van der Waals surface area contributed by atoms with Gasteiger partial charge < -0.3 is 10.2 Å². The molecule has 0 spiro atoms. The molecule has 0 bridgehead atoms. The maximum atomic E-state index is 12.6. The zero-order valence-electron chi connectivity index (χ0n) is 13.2. The Morgan fingerprint density at radius 3 is 2.67 bits per heavy atom. The molecule has 4 nitrogen and oxygen atoms in total. The van der Waals surface area contributed by atoms with Crippen LogP contribution < -0.4 is 10.2 Å². The van der Waals surface area contributed by atoms with Gasteiger partial charge in [0.25, 0.3) is 0 Å². The molecule has 124 valence electrons. The Balaban J connectivity index is 1.69. The monoisotopic (exact) mass is 404 g/mol. The lowest BCUT2D eigenvalue weighted by Crippen LogP contribution is -2.33. The quantitative estimate of drug-likeness (QED) is 0.614. The average molecular weight is 405 g/mol. The van der Waals surface area contributed by atoms with Gasteiger partial charge in [0.1, 0.15) is 5.92 Å². The Morgan fingerprint density at radius 2 is 2.00 bits per heavy atom. The van der Waals surface area contributed by atoms with Gasteiger partial charge in [-0.25, -0.2) is 0 Å². The van der Waals surface area contributed by atoms with Gasteiger partial charge in [0.05, 0.1) is 0 Å². The van der Waals surface area contributed by atoms with E-state index in [0.717, 1.165) is 15.1 Å². The fraction of sp³-hybridized carbons (Fsp3) is 0.222. The highest BCUT2D eigenvalue weighted by atomic mass is 79.9. The number of hydrogen-bond acceptors (Lipinski definition) is 3. The molecule has 2 amide bonds. The molecular weight excluding hydrogens is 388 g/mol. The number of rotatable bonds is 4. The summed E-state index contributed by atoms with van der Waals surface area (Å²) >= 11 is 5.05. The van der Waals surface area contributed by atoms with E-state index in [-0.39, 0.29) is 11.8 Å². The molecule has 0 aliphatic carbocycles. The predicted molar refractivity (Wildman–Crippen MR) is 101 cm³/mol. The summed E-state index contributed by atoms with van der Waals surface area (Å²) in [5, 5.41) is 2.84. The van der Waals surface area contributed by atoms with Gasteiger partial charge in [-0.15, -0.1) is 11.8 Å². The minimum absolute atomic E-state index is 0.147. The molecule has 6 heteroatoms. The number of carbonyl (C=O) groups excluding carboxylic acids is 2. The Morgan fingerprint density at radius 1 is 1.25 bits per heavy atom. The van der Waals surface area contributed by atoms with Crippen molar-refractivity contribution < 1.29 is 9.59 Å². The van der Waals surface area contributed by atoms with Crippen molar-refractivity contribution in [2.45, 2.75) is 11.3 Å². The van der Waals surface area contributed by atoms with Crippen molar-refractivity contribution in [3.05, 3.63) is 53.0 Å². The van der Waals surface area contributed by atoms with Crippen molar-refractivity contribution in [1.82, 2.24) is 0 Å². The number of anilines is 2. The number of benzene rings is 2. The van der Waals surface area contributed by atoms with E-state index >= 15 is 0 Å². The summed E-state index contributed by atoms with van der Waals surface area (Å²) in [7, 11) is 0. The van der Waals surface area contributed by atoms with Crippen LogP contribution in [0.5, 0.6) is 0 Å². The van der Waals surface area contributed by atoms with Crippen LogP contribution in [0.4, 0.5) is 11.4 Å². The largest absolute Gasteiger partial charge is 0.325 e. The third-order valence-electron chi connectivity index (χ3n) is 4.00. The van der Waals surface area contributed by atoms with Gasteiger partial charge in [0.15, 0.2) is 0 Å². The number of nitrogens with one attached hydrogen (secondary N) is 1. The molecule has 1 N–H and O–H groups in total. The Kier molecular flexibility index (Phi) is 5.26. The van der Waals surface area contributed by atoms with Crippen LogP contribution >= 0.6 is 27.7 Å². The van der Waals surface area contributed by atoms with Gasteiger partial charge in [0.2, 0.25) is 11.8 Å². The molecule has 24 heavy (non-hydrogen) atoms. The Bertz CT molecular complexity index is 764. The van der Waals surface area contributed by atoms with E-state index in [1.165, 1.54) is 0 Å². The van der Waals surface area contributed by atoms with E-state index < -0.39 is 5.92 Å². The van der Waals surface area contributed by atoms with E-state index in [1.54, 1.807) is 16.7 Å². The van der Waals surface area contributed by atoms with Crippen LogP contribution in [0, 0.1) is 5.92 Å². The zero-order valence-corrected chi connectivity index (χ0v) is 15.6. The second-order valence-electron chi connectivity index (χ2n) is 5.53. The molecule has 1 aliphatic rings. The Labute approximate surface area is 153 Å². The first-order valence-corrected chi connectivity index (χ1v) is 9.62. The highest BCUT2D eigenvalue weighted by Crippen LogP contribution is 2.28. The van der Waals surface area contributed by atoms with Crippen LogP contribution in [-0.4, -0.2) is 24.6 Å². The molecule has 3 rings (SSSR count). The predicted octanol–water partition coefficient (Wildman–Crippen LogP) is 4.16. The Hall–Kier alpha value is -1.79. The first-order valence-electron chi connectivity index (χ1n) is 7.60. The second-order valence-corrected chi connectivity index (χ2v) is 7.32. The van der Waals surface area contributed by atoms with E-state index in [0.29, 0.717) is 18.7 Å². The minimum atomic E-state index is -0.635. The lowest BCUT2D eigenvalue weighted by atomic mass is 10.1. The van der Waals surface area contributed by atoms with Gasteiger partial charge in [-0.3, -0.25) is 9.59 Å². The number of carbonyl (C=O) groups is 2. The summed E-state index contributed by atoms with van der Waals surface area (Å²) in [6.07, 6.45) is 2.53. The van der Waals surface area contributed by atoms with Gasteiger partial charge in [0, 0.05) is 27.3 Å². The molecule has 0 radical (unpaired) electrons. The maximum Gasteiger partial charge on any atom is 0.239 e. The zero-order chi connectivity index (χ0) is 17.1. The average Bonchev–Trinajstić information content (AvgIpc) is 2.97. The molecule has 2 aromatic rings. The number of hydrogen-bond donors (Lipinski definition) is 1. The smallest absolute Gasteiger partial charge is 0.239 e. The normalized spacial score (nSPS) is 17.2. The standard InChI is InChI=1S/C18H17BrN2O2S/c1-24-15-7-5-13(6-8-15)20-17(22)16-9-10-21(18(16)23)14-4-2-3-12(19)11-14/h2-8,11,16H,9-10H2,1H3,(H,20,22). The van der Waals surface area contributed by atoms with Crippen molar-refractivity contribution in [3.63, 3.8) is 0 Å². The van der Waals surface area contributed by atoms with Crippen LogP contribution in [0.2, 0.25) is 0 Å². The van der Waals surface area contributed by atoms with Crippen LogP contribution in [0.25, 0.3) is 0 Å². The fourth-order valence-electron chi connectivity index (χ4n) is 2.73. The summed E-state index contributed by atoms with van der Waals surface area (Å²) in [6, 6.07) is 15.2. The van der Waals surface area contributed by atoms with Crippen LogP contribution in [0.15, 0.2) is 57.9 Å². The van der Waals surface area contributed by atoms with Gasteiger partial charge in [-0.1, -0.05) is 22.0 Å². The van der Waals surface area contributed by atoms with Crippen LogP contribution in [-0.2, 0) is 9.59 Å². The van der Waals surface area contributed by atoms with Crippen molar-refractivity contribution in [3.8, 4) is 0 Å². The molecule has 1 atom stereocenters. The molecule has 1 saturated heterocycles. The summed E-state index contributed by atoms with van der Waals surface area (Å²) < 4.78 is 0.912. The first-order chi connectivity index (χ1) is 11.6. The molecule has 0 saturated carbocycles. The second kappa shape index (κ2) is 7.40. The number of thioether (sulfide) groups is 1.